The van der Waals surface area contributed by atoms with E-state index in [9.17, 15) is 13.2 Å². The molecule has 0 aliphatic carbocycles. The van der Waals surface area contributed by atoms with Crippen molar-refractivity contribution in [3.63, 3.8) is 0 Å². The standard InChI is InChI=1S/C14H13Cl2F3N2O3/c1-22-3-2-21-11-7-9(16)8(15)6-10(11)20-12(21)13(14(17,18)19)23-4-5-24-13/h6-7H,2-5H2,1H3. The van der Waals surface area contributed by atoms with Gasteiger partial charge >= 0.3 is 12.0 Å². The minimum absolute atomic E-state index is 0.116. The summed E-state index contributed by atoms with van der Waals surface area (Å²) in [7, 11) is 1.45. The molecule has 5 nitrogen and oxygen atoms in total. The summed E-state index contributed by atoms with van der Waals surface area (Å²) in [5.74, 6) is -3.32. The highest BCUT2D eigenvalue weighted by Gasteiger charge is 2.64. The number of hydrogen-bond acceptors (Lipinski definition) is 4. The van der Waals surface area contributed by atoms with Crippen LogP contribution in [0.5, 0.6) is 0 Å². The van der Waals surface area contributed by atoms with Gasteiger partial charge in [0.15, 0.2) is 5.82 Å². The van der Waals surface area contributed by atoms with Crippen LogP contribution < -0.4 is 0 Å². The summed E-state index contributed by atoms with van der Waals surface area (Å²) in [6.07, 6.45) is -4.80. The zero-order chi connectivity index (χ0) is 17.5. The van der Waals surface area contributed by atoms with Gasteiger partial charge < -0.3 is 18.8 Å². The molecule has 0 N–H and O–H groups in total. The van der Waals surface area contributed by atoms with Crippen LogP contribution in [-0.4, -0.2) is 42.7 Å². The third-order valence-electron chi connectivity index (χ3n) is 3.67. The van der Waals surface area contributed by atoms with Gasteiger partial charge in [0, 0.05) is 13.7 Å². The van der Waals surface area contributed by atoms with Gasteiger partial charge in [-0.1, -0.05) is 23.2 Å². The quantitative estimate of drug-likeness (QED) is 0.805. The SMILES string of the molecule is COCCn1c(C2(C(F)(F)F)OCCO2)nc2cc(Cl)c(Cl)cc21. The van der Waals surface area contributed by atoms with Crippen LogP contribution in [0.15, 0.2) is 12.1 Å². The molecular formula is C14H13Cl2F3N2O3. The zero-order valence-corrected chi connectivity index (χ0v) is 14.0. The van der Waals surface area contributed by atoms with Gasteiger partial charge in [0.05, 0.1) is 40.9 Å². The first-order chi connectivity index (χ1) is 11.3. The molecule has 24 heavy (non-hydrogen) atoms. The lowest BCUT2D eigenvalue weighted by Crippen LogP contribution is -2.45. The average Bonchev–Trinajstić information content (AvgIpc) is 3.11. The Bertz CT molecular complexity index is 758. The van der Waals surface area contributed by atoms with Gasteiger partial charge in [0.25, 0.3) is 0 Å². The zero-order valence-electron chi connectivity index (χ0n) is 12.5. The Morgan fingerprint density at radius 2 is 1.88 bits per heavy atom. The van der Waals surface area contributed by atoms with Crippen molar-refractivity contribution in [1.29, 1.82) is 0 Å². The molecule has 0 atom stereocenters. The molecule has 132 valence electrons. The lowest BCUT2D eigenvalue weighted by atomic mass is 10.2. The number of alkyl halides is 3. The van der Waals surface area contributed by atoms with Crippen molar-refractivity contribution in [3.8, 4) is 0 Å². The second-order valence-electron chi connectivity index (χ2n) is 5.15. The highest BCUT2D eigenvalue weighted by atomic mass is 35.5. The van der Waals surface area contributed by atoms with E-state index in [1.54, 1.807) is 0 Å². The van der Waals surface area contributed by atoms with Gasteiger partial charge in [-0.15, -0.1) is 0 Å². The van der Waals surface area contributed by atoms with Crippen LogP contribution in [0, 0.1) is 0 Å². The van der Waals surface area contributed by atoms with Gasteiger partial charge in [-0.05, 0) is 12.1 Å². The summed E-state index contributed by atoms with van der Waals surface area (Å²) in [5.41, 5.74) is 0.650. The van der Waals surface area contributed by atoms with E-state index in [0.29, 0.717) is 5.52 Å². The molecule has 2 heterocycles. The second kappa shape index (κ2) is 6.34. The first-order valence-corrected chi connectivity index (χ1v) is 7.75. The number of fused-ring (bicyclic) bond motifs is 1. The van der Waals surface area contributed by atoms with Crippen molar-refractivity contribution < 1.29 is 27.4 Å². The third-order valence-corrected chi connectivity index (χ3v) is 4.39. The maximum Gasteiger partial charge on any atom is 0.451 e. The Hall–Kier alpha value is -1.06. The number of hydrogen-bond donors (Lipinski definition) is 0. The normalized spacial score (nSPS) is 17.8. The number of halogens is 5. The van der Waals surface area contributed by atoms with E-state index in [4.69, 9.17) is 37.4 Å². The van der Waals surface area contributed by atoms with Gasteiger partial charge in [0.1, 0.15) is 0 Å². The summed E-state index contributed by atoms with van der Waals surface area (Å²) >= 11 is 11.9. The van der Waals surface area contributed by atoms with Crippen LogP contribution in [0.25, 0.3) is 11.0 Å². The molecule has 0 unspecified atom stereocenters. The maximum absolute atomic E-state index is 13.7. The van der Waals surface area contributed by atoms with Crippen LogP contribution in [0.1, 0.15) is 5.82 Å². The molecule has 10 heteroatoms. The Balaban J connectivity index is 2.25. The highest BCUT2D eigenvalue weighted by molar-refractivity contribution is 6.42. The molecule has 0 amide bonds. The minimum Gasteiger partial charge on any atom is -0.383 e. The lowest BCUT2D eigenvalue weighted by molar-refractivity contribution is -0.356. The molecule has 1 aliphatic rings. The molecular weight excluding hydrogens is 372 g/mol. The second-order valence-corrected chi connectivity index (χ2v) is 5.96. The molecule has 1 aliphatic heterocycles. The van der Waals surface area contributed by atoms with Gasteiger partial charge in [-0.25, -0.2) is 4.98 Å². The van der Waals surface area contributed by atoms with Gasteiger partial charge in [-0.2, -0.15) is 13.2 Å². The first kappa shape index (κ1) is 17.8. The molecule has 2 aromatic rings. The Morgan fingerprint density at radius 3 is 2.46 bits per heavy atom. The molecule has 1 aromatic carbocycles. The van der Waals surface area contributed by atoms with E-state index in [2.05, 4.69) is 4.98 Å². The topological polar surface area (TPSA) is 45.5 Å². The van der Waals surface area contributed by atoms with E-state index >= 15 is 0 Å². The van der Waals surface area contributed by atoms with E-state index in [0.717, 1.165) is 0 Å². The number of methoxy groups -OCH3 is 1. The molecule has 0 bridgehead atoms. The van der Waals surface area contributed by atoms with Crippen LogP contribution in [0.4, 0.5) is 13.2 Å². The van der Waals surface area contributed by atoms with Crippen molar-refractivity contribution >= 4 is 34.2 Å². The Morgan fingerprint density at radius 1 is 1.25 bits per heavy atom. The number of benzene rings is 1. The maximum atomic E-state index is 13.7. The van der Waals surface area contributed by atoms with Crippen molar-refractivity contribution in [3.05, 3.63) is 28.0 Å². The monoisotopic (exact) mass is 384 g/mol. The lowest BCUT2D eigenvalue weighted by Gasteiger charge is -2.29. The number of rotatable bonds is 4. The third kappa shape index (κ3) is 2.76. The fourth-order valence-corrected chi connectivity index (χ4v) is 2.93. The summed E-state index contributed by atoms with van der Waals surface area (Å²) in [4.78, 5) is 4.08. The Labute approximate surface area is 145 Å². The first-order valence-electron chi connectivity index (χ1n) is 6.99. The Kier molecular flexibility index (Phi) is 4.69. The molecule has 0 radical (unpaired) electrons. The molecule has 1 saturated heterocycles. The van der Waals surface area contributed by atoms with Crippen LogP contribution >= 0.6 is 23.2 Å². The molecule has 0 saturated carbocycles. The van der Waals surface area contributed by atoms with Crippen molar-refractivity contribution in [1.82, 2.24) is 9.55 Å². The van der Waals surface area contributed by atoms with Crippen LogP contribution in [-0.2, 0) is 26.5 Å². The van der Waals surface area contributed by atoms with E-state index in [1.165, 1.54) is 23.8 Å². The predicted molar refractivity (Wildman–Crippen MR) is 81.3 cm³/mol. The smallest absolute Gasteiger partial charge is 0.383 e. The number of ether oxygens (including phenoxy) is 3. The summed E-state index contributed by atoms with van der Waals surface area (Å²) < 4.78 is 57.4. The molecule has 1 aromatic heterocycles. The number of nitrogens with zero attached hydrogens (tertiary/aromatic N) is 2. The van der Waals surface area contributed by atoms with Crippen molar-refractivity contribution in [2.75, 3.05) is 26.9 Å². The van der Waals surface area contributed by atoms with Gasteiger partial charge in [-0.3, -0.25) is 0 Å². The molecule has 0 spiro atoms. The summed E-state index contributed by atoms with van der Waals surface area (Å²) in [5, 5.41) is 0.407. The molecule has 3 rings (SSSR count). The van der Waals surface area contributed by atoms with E-state index < -0.39 is 17.8 Å². The van der Waals surface area contributed by atoms with Crippen molar-refractivity contribution in [2.24, 2.45) is 0 Å². The van der Waals surface area contributed by atoms with Crippen molar-refractivity contribution in [2.45, 2.75) is 18.5 Å². The number of aromatic nitrogens is 2. The van der Waals surface area contributed by atoms with Crippen LogP contribution in [0.3, 0.4) is 0 Å². The van der Waals surface area contributed by atoms with Crippen LogP contribution in [0.2, 0.25) is 10.0 Å². The van der Waals surface area contributed by atoms with E-state index in [1.807, 2.05) is 0 Å². The number of imidazole rings is 1. The van der Waals surface area contributed by atoms with E-state index in [-0.39, 0.29) is 41.9 Å². The fourth-order valence-electron chi connectivity index (χ4n) is 2.61. The summed E-state index contributed by atoms with van der Waals surface area (Å²) in [6, 6.07) is 2.87. The largest absolute Gasteiger partial charge is 0.451 e. The summed E-state index contributed by atoms with van der Waals surface area (Å²) in [6.45, 7) is -0.0828. The fraction of sp³-hybridized carbons (Fsp3) is 0.500. The predicted octanol–water partition coefficient (Wildman–Crippen LogP) is 3.75. The molecule has 1 fully saturated rings. The minimum atomic E-state index is -4.80. The highest BCUT2D eigenvalue weighted by Crippen LogP contribution is 2.46. The van der Waals surface area contributed by atoms with Gasteiger partial charge in [0.2, 0.25) is 0 Å². The average molecular weight is 385 g/mol.